The number of benzene rings is 2. The zero-order chi connectivity index (χ0) is 23.1. The minimum absolute atomic E-state index is 0.0453. The van der Waals surface area contributed by atoms with E-state index in [1.54, 1.807) is 24.3 Å². The Morgan fingerprint density at radius 1 is 0.812 bits per heavy atom. The first-order chi connectivity index (χ1) is 15.4. The second-order valence-electron chi connectivity index (χ2n) is 7.69. The lowest BCUT2D eigenvalue weighted by atomic mass is 9.86. The van der Waals surface area contributed by atoms with Crippen molar-refractivity contribution >= 4 is 23.8 Å². The van der Waals surface area contributed by atoms with Gasteiger partial charge in [-0.2, -0.15) is 0 Å². The molecule has 1 aliphatic carbocycles. The van der Waals surface area contributed by atoms with Crippen LogP contribution in [-0.2, 0) is 14.3 Å². The summed E-state index contributed by atoms with van der Waals surface area (Å²) in [7, 11) is 2.65. The fraction of sp³-hybridized carbons (Fsp3) is 0.333. The van der Waals surface area contributed by atoms with Crippen molar-refractivity contribution in [2.45, 2.75) is 31.7 Å². The van der Waals surface area contributed by atoms with E-state index in [0.717, 1.165) is 36.8 Å². The summed E-state index contributed by atoms with van der Waals surface area (Å²) in [5, 5.41) is 13.3. The van der Waals surface area contributed by atoms with Gasteiger partial charge in [0.05, 0.1) is 20.1 Å². The fourth-order valence-corrected chi connectivity index (χ4v) is 3.78. The Bertz CT molecular complexity index is 978. The van der Waals surface area contributed by atoms with Gasteiger partial charge in [-0.3, -0.25) is 20.3 Å². The molecule has 0 atom stereocenters. The lowest BCUT2D eigenvalue weighted by molar-refractivity contribution is -0.146. The van der Waals surface area contributed by atoms with Crippen LogP contribution in [0.5, 0.6) is 0 Å². The highest BCUT2D eigenvalue weighted by Gasteiger charge is 2.27. The second-order valence-corrected chi connectivity index (χ2v) is 7.69. The van der Waals surface area contributed by atoms with Crippen molar-refractivity contribution in [2.24, 2.45) is 5.92 Å². The molecule has 3 N–H and O–H groups in total. The Hall–Kier alpha value is -3.68. The number of hydrogen-bond acceptors (Lipinski definition) is 6. The van der Waals surface area contributed by atoms with Gasteiger partial charge in [-0.25, -0.2) is 4.79 Å². The number of hydrogen-bond donors (Lipinski definition) is 3. The summed E-state index contributed by atoms with van der Waals surface area (Å²) in [5.74, 6) is -0.416. The minimum atomic E-state index is -0.690. The Kier molecular flexibility index (Phi) is 7.59. The maximum Gasteiger partial charge on any atom is 0.412 e. The van der Waals surface area contributed by atoms with Crippen LogP contribution in [0.3, 0.4) is 0 Å². The Balaban J connectivity index is 1.56. The quantitative estimate of drug-likeness (QED) is 0.376. The van der Waals surface area contributed by atoms with Crippen LogP contribution in [0.4, 0.5) is 4.79 Å². The third kappa shape index (κ3) is 5.72. The van der Waals surface area contributed by atoms with Gasteiger partial charge >= 0.3 is 12.1 Å². The van der Waals surface area contributed by atoms with Gasteiger partial charge in [-0.15, -0.1) is 0 Å². The molecule has 1 fully saturated rings. The molecule has 0 saturated heterocycles. The van der Waals surface area contributed by atoms with Gasteiger partial charge in [0.1, 0.15) is 5.84 Å². The maximum atomic E-state index is 12.6. The van der Waals surface area contributed by atoms with Gasteiger partial charge in [0.2, 0.25) is 0 Å². The van der Waals surface area contributed by atoms with Crippen molar-refractivity contribution in [1.29, 1.82) is 5.41 Å². The van der Waals surface area contributed by atoms with E-state index in [4.69, 9.17) is 10.1 Å². The number of amides is 2. The molecule has 0 aliphatic heterocycles. The van der Waals surface area contributed by atoms with Gasteiger partial charge in [-0.1, -0.05) is 36.4 Å². The molecular formula is C24H27N3O5. The smallest absolute Gasteiger partial charge is 0.412 e. The lowest BCUT2D eigenvalue weighted by Gasteiger charge is -2.27. The summed E-state index contributed by atoms with van der Waals surface area (Å²) in [4.78, 5) is 35.5. The summed E-state index contributed by atoms with van der Waals surface area (Å²) >= 11 is 0. The monoisotopic (exact) mass is 437 g/mol. The normalized spacial score (nSPS) is 17.7. The van der Waals surface area contributed by atoms with Crippen LogP contribution in [0.2, 0.25) is 0 Å². The van der Waals surface area contributed by atoms with Crippen LogP contribution in [0, 0.1) is 11.3 Å². The molecule has 8 nitrogen and oxygen atoms in total. The molecule has 1 aliphatic rings. The van der Waals surface area contributed by atoms with Crippen molar-refractivity contribution in [3.8, 4) is 11.1 Å². The molecule has 1 saturated carbocycles. The predicted octanol–water partition coefficient (Wildman–Crippen LogP) is 3.50. The van der Waals surface area contributed by atoms with Crippen molar-refractivity contribution < 1.29 is 23.9 Å². The Morgan fingerprint density at radius 2 is 1.34 bits per heavy atom. The van der Waals surface area contributed by atoms with Gasteiger partial charge in [-0.05, 0) is 48.9 Å². The average Bonchev–Trinajstić information content (AvgIpc) is 2.84. The van der Waals surface area contributed by atoms with E-state index in [2.05, 4.69) is 15.4 Å². The number of carbonyl (C=O) groups is 3. The molecular weight excluding hydrogens is 410 g/mol. The summed E-state index contributed by atoms with van der Waals surface area (Å²) in [6, 6.07) is 14.5. The number of carbonyl (C=O) groups excluding carboxylic acids is 3. The van der Waals surface area contributed by atoms with E-state index in [-0.39, 0.29) is 29.7 Å². The highest BCUT2D eigenvalue weighted by molar-refractivity contribution is 6.04. The number of esters is 1. The highest BCUT2D eigenvalue weighted by atomic mass is 16.5. The zero-order valence-corrected chi connectivity index (χ0v) is 18.1. The Morgan fingerprint density at radius 3 is 1.84 bits per heavy atom. The summed E-state index contributed by atoms with van der Waals surface area (Å²) in [6.07, 6.45) is 2.27. The summed E-state index contributed by atoms with van der Waals surface area (Å²) in [6.45, 7) is 0. The Labute approximate surface area is 186 Å². The average molecular weight is 437 g/mol. The lowest BCUT2D eigenvalue weighted by Crippen LogP contribution is -2.38. The van der Waals surface area contributed by atoms with E-state index in [0.29, 0.717) is 11.1 Å². The number of nitrogens with one attached hydrogen (secondary N) is 3. The molecule has 2 aromatic rings. The molecule has 8 heteroatoms. The van der Waals surface area contributed by atoms with Crippen molar-refractivity contribution in [2.75, 3.05) is 14.2 Å². The topological polar surface area (TPSA) is 118 Å². The molecule has 0 heterocycles. The van der Waals surface area contributed by atoms with Crippen LogP contribution in [0.15, 0.2) is 48.5 Å². The van der Waals surface area contributed by atoms with Crippen LogP contribution in [0.25, 0.3) is 11.1 Å². The third-order valence-corrected chi connectivity index (χ3v) is 5.66. The third-order valence-electron chi connectivity index (χ3n) is 5.66. The standard InChI is InChI=1S/C24H27N3O5/c1-31-23(29)19-11-13-20(14-12-19)26-22(28)18-9-5-16(6-10-18)15-3-7-17(8-4-15)21(25)27-24(30)32-2/h3-10,19-20H,11-14H2,1-2H3,(H,26,28)(H2,25,27,30). The summed E-state index contributed by atoms with van der Waals surface area (Å²) in [5.41, 5.74) is 2.98. The molecule has 2 aromatic carbocycles. The number of amidine groups is 1. The van der Waals surface area contributed by atoms with E-state index >= 15 is 0 Å². The first-order valence-electron chi connectivity index (χ1n) is 10.4. The van der Waals surface area contributed by atoms with Crippen LogP contribution in [-0.4, -0.2) is 44.1 Å². The van der Waals surface area contributed by atoms with Crippen molar-refractivity contribution in [1.82, 2.24) is 10.6 Å². The van der Waals surface area contributed by atoms with Gasteiger partial charge in [0, 0.05) is 17.2 Å². The molecule has 0 aromatic heterocycles. The van der Waals surface area contributed by atoms with Gasteiger partial charge in [0.15, 0.2) is 0 Å². The predicted molar refractivity (Wildman–Crippen MR) is 119 cm³/mol. The van der Waals surface area contributed by atoms with Gasteiger partial charge in [0.25, 0.3) is 5.91 Å². The number of ether oxygens (including phenoxy) is 2. The van der Waals surface area contributed by atoms with E-state index in [1.165, 1.54) is 14.2 Å². The van der Waals surface area contributed by atoms with Crippen LogP contribution in [0.1, 0.15) is 41.6 Å². The highest BCUT2D eigenvalue weighted by Crippen LogP contribution is 2.26. The largest absolute Gasteiger partial charge is 0.469 e. The first kappa shape index (κ1) is 23.0. The van der Waals surface area contributed by atoms with E-state index in [9.17, 15) is 14.4 Å². The number of rotatable bonds is 5. The molecule has 0 unspecified atom stereocenters. The molecule has 2 amide bonds. The second kappa shape index (κ2) is 10.6. The van der Waals surface area contributed by atoms with E-state index < -0.39 is 6.09 Å². The van der Waals surface area contributed by atoms with Crippen molar-refractivity contribution in [3.05, 3.63) is 59.7 Å². The summed E-state index contributed by atoms with van der Waals surface area (Å²) < 4.78 is 9.29. The number of alkyl carbamates (subject to hydrolysis) is 1. The first-order valence-corrected chi connectivity index (χ1v) is 10.4. The van der Waals surface area contributed by atoms with Crippen molar-refractivity contribution in [3.63, 3.8) is 0 Å². The van der Waals surface area contributed by atoms with E-state index in [1.807, 2.05) is 24.3 Å². The zero-order valence-electron chi connectivity index (χ0n) is 18.1. The SMILES string of the molecule is COC(=O)NC(=N)c1ccc(-c2ccc(C(=O)NC3CCC(C(=O)OC)CC3)cc2)cc1. The molecule has 0 spiro atoms. The molecule has 32 heavy (non-hydrogen) atoms. The molecule has 3 rings (SSSR count). The number of methoxy groups -OCH3 is 2. The van der Waals surface area contributed by atoms with Crippen LogP contribution >= 0.6 is 0 Å². The minimum Gasteiger partial charge on any atom is -0.469 e. The fourth-order valence-electron chi connectivity index (χ4n) is 3.78. The van der Waals surface area contributed by atoms with Gasteiger partial charge < -0.3 is 14.8 Å². The molecule has 0 bridgehead atoms. The maximum absolute atomic E-state index is 12.6. The van der Waals surface area contributed by atoms with Crippen LogP contribution < -0.4 is 10.6 Å². The molecule has 168 valence electrons. The molecule has 0 radical (unpaired) electrons.